The molecule has 21 heavy (non-hydrogen) atoms. The van der Waals surface area contributed by atoms with Crippen molar-refractivity contribution in [2.75, 3.05) is 31.6 Å². The van der Waals surface area contributed by atoms with Gasteiger partial charge in [0.1, 0.15) is 5.75 Å². The number of benzene rings is 1. The van der Waals surface area contributed by atoms with E-state index in [4.69, 9.17) is 9.47 Å². The molecule has 0 aliphatic carbocycles. The van der Waals surface area contributed by atoms with Gasteiger partial charge in [0.2, 0.25) is 5.91 Å². The molecule has 0 aromatic heterocycles. The molecule has 114 valence electrons. The Balaban J connectivity index is 1.82. The van der Waals surface area contributed by atoms with Gasteiger partial charge in [0.15, 0.2) is 6.61 Å². The number of nitrogens with zero attached hydrogens (tertiary/aromatic N) is 1. The molecule has 0 saturated carbocycles. The maximum atomic E-state index is 12.0. The van der Waals surface area contributed by atoms with Crippen LogP contribution >= 0.6 is 0 Å². The van der Waals surface area contributed by atoms with E-state index in [1.165, 1.54) is 6.92 Å². The van der Waals surface area contributed by atoms with Crippen LogP contribution in [0, 0.1) is 0 Å². The summed E-state index contributed by atoms with van der Waals surface area (Å²) in [5, 5.41) is 2.67. The molecule has 1 fully saturated rings. The first-order valence-electron chi connectivity index (χ1n) is 6.94. The average Bonchev–Trinajstić information content (AvgIpc) is 2.45. The first-order chi connectivity index (χ1) is 10.0. The second-order valence-electron chi connectivity index (χ2n) is 5.02. The molecule has 1 aliphatic rings. The predicted octanol–water partition coefficient (Wildman–Crippen LogP) is 1.27. The normalized spacial score (nSPS) is 18.2. The van der Waals surface area contributed by atoms with E-state index in [2.05, 4.69) is 5.32 Å². The summed E-state index contributed by atoms with van der Waals surface area (Å²) in [5.41, 5.74) is 0.697. The van der Waals surface area contributed by atoms with Gasteiger partial charge in [0.05, 0.1) is 12.7 Å². The summed E-state index contributed by atoms with van der Waals surface area (Å²) >= 11 is 0. The van der Waals surface area contributed by atoms with Gasteiger partial charge in [-0.15, -0.1) is 0 Å². The average molecular weight is 292 g/mol. The molecule has 6 heteroatoms. The van der Waals surface area contributed by atoms with Crippen LogP contribution in [0.2, 0.25) is 0 Å². The minimum atomic E-state index is -0.125. The van der Waals surface area contributed by atoms with Crippen LogP contribution in [0.1, 0.15) is 13.8 Å². The monoisotopic (exact) mass is 292 g/mol. The van der Waals surface area contributed by atoms with Crippen LogP contribution in [-0.4, -0.2) is 49.1 Å². The number of rotatable bonds is 4. The molecule has 1 aromatic rings. The van der Waals surface area contributed by atoms with E-state index in [0.717, 1.165) is 0 Å². The molecular weight excluding hydrogens is 272 g/mol. The Kier molecular flexibility index (Phi) is 5.16. The minimum absolute atomic E-state index is 0.00615. The smallest absolute Gasteiger partial charge is 0.260 e. The van der Waals surface area contributed by atoms with Gasteiger partial charge >= 0.3 is 0 Å². The highest BCUT2D eigenvalue weighted by molar-refractivity contribution is 5.88. The van der Waals surface area contributed by atoms with Crippen LogP contribution in [0.15, 0.2) is 24.3 Å². The van der Waals surface area contributed by atoms with Gasteiger partial charge in [-0.1, -0.05) is 0 Å². The van der Waals surface area contributed by atoms with Crippen molar-refractivity contribution in [2.45, 2.75) is 20.0 Å². The SMILES string of the molecule is CC(=O)Nc1ccc(OCC(=O)N2CCO[C@H](C)C2)cc1. The van der Waals surface area contributed by atoms with Crippen molar-refractivity contribution in [3.05, 3.63) is 24.3 Å². The molecule has 0 radical (unpaired) electrons. The first kappa shape index (κ1) is 15.3. The molecule has 1 atom stereocenters. The van der Waals surface area contributed by atoms with Crippen LogP contribution in [0.25, 0.3) is 0 Å². The summed E-state index contributed by atoms with van der Waals surface area (Å²) in [4.78, 5) is 24.7. The highest BCUT2D eigenvalue weighted by Gasteiger charge is 2.21. The molecule has 6 nitrogen and oxygen atoms in total. The van der Waals surface area contributed by atoms with Crippen LogP contribution in [0.5, 0.6) is 5.75 Å². The Hall–Kier alpha value is -2.08. The largest absolute Gasteiger partial charge is 0.484 e. The van der Waals surface area contributed by atoms with Gasteiger partial charge < -0.3 is 19.7 Å². The first-order valence-corrected chi connectivity index (χ1v) is 6.94. The highest BCUT2D eigenvalue weighted by atomic mass is 16.5. The fourth-order valence-corrected chi connectivity index (χ4v) is 2.12. The summed E-state index contributed by atoms with van der Waals surface area (Å²) in [5.74, 6) is 0.426. The Labute approximate surface area is 124 Å². The molecule has 1 aliphatic heterocycles. The Morgan fingerprint density at radius 3 is 2.71 bits per heavy atom. The van der Waals surface area contributed by atoms with Crippen LogP contribution < -0.4 is 10.1 Å². The summed E-state index contributed by atoms with van der Waals surface area (Å²) in [7, 11) is 0. The van der Waals surface area contributed by atoms with E-state index in [9.17, 15) is 9.59 Å². The second kappa shape index (κ2) is 7.08. The summed E-state index contributed by atoms with van der Waals surface area (Å²) in [6.07, 6.45) is 0.0691. The maximum Gasteiger partial charge on any atom is 0.260 e. The standard InChI is InChI=1S/C15H20N2O4/c1-11-9-17(7-8-20-11)15(19)10-21-14-5-3-13(4-6-14)16-12(2)18/h3-6,11H,7-10H2,1-2H3,(H,16,18)/t11-/m1/s1. The number of nitrogens with one attached hydrogen (secondary N) is 1. The number of amides is 2. The van der Waals surface area contributed by atoms with Gasteiger partial charge in [-0.3, -0.25) is 9.59 Å². The van der Waals surface area contributed by atoms with Crippen molar-refractivity contribution in [3.63, 3.8) is 0 Å². The fourth-order valence-electron chi connectivity index (χ4n) is 2.12. The van der Waals surface area contributed by atoms with Crippen LogP contribution in [0.4, 0.5) is 5.69 Å². The Bertz CT molecular complexity index is 501. The summed E-state index contributed by atoms with van der Waals surface area (Å²) in [6, 6.07) is 6.91. The summed E-state index contributed by atoms with van der Waals surface area (Å²) in [6.45, 7) is 5.18. The number of carbonyl (C=O) groups excluding carboxylic acids is 2. The van der Waals surface area contributed by atoms with Gasteiger partial charge in [0, 0.05) is 25.7 Å². The highest BCUT2D eigenvalue weighted by Crippen LogP contribution is 2.16. The number of ether oxygens (including phenoxy) is 2. The molecule has 0 spiro atoms. The van der Waals surface area contributed by atoms with Gasteiger partial charge in [-0.25, -0.2) is 0 Å². The molecule has 1 N–H and O–H groups in total. The van der Waals surface area contributed by atoms with E-state index < -0.39 is 0 Å². The third kappa shape index (κ3) is 4.75. The number of carbonyl (C=O) groups is 2. The molecule has 1 heterocycles. The van der Waals surface area contributed by atoms with E-state index in [-0.39, 0.29) is 24.5 Å². The molecule has 1 saturated heterocycles. The van der Waals surface area contributed by atoms with Crippen LogP contribution in [0.3, 0.4) is 0 Å². The van der Waals surface area contributed by atoms with E-state index in [1.54, 1.807) is 29.2 Å². The summed E-state index contributed by atoms with van der Waals surface area (Å²) < 4.78 is 10.9. The van der Waals surface area contributed by atoms with Crippen molar-refractivity contribution in [1.29, 1.82) is 0 Å². The van der Waals surface area contributed by atoms with Gasteiger partial charge in [-0.2, -0.15) is 0 Å². The van der Waals surface area contributed by atoms with Gasteiger partial charge in [0.25, 0.3) is 5.91 Å². The van der Waals surface area contributed by atoms with E-state index >= 15 is 0 Å². The predicted molar refractivity (Wildman–Crippen MR) is 78.2 cm³/mol. The second-order valence-corrected chi connectivity index (χ2v) is 5.02. The van der Waals surface area contributed by atoms with Crippen molar-refractivity contribution in [1.82, 2.24) is 4.90 Å². The number of morpholine rings is 1. The topological polar surface area (TPSA) is 67.9 Å². The van der Waals surface area contributed by atoms with Crippen molar-refractivity contribution in [3.8, 4) is 5.75 Å². The molecule has 0 unspecified atom stereocenters. The number of hydrogen-bond donors (Lipinski definition) is 1. The Morgan fingerprint density at radius 2 is 2.10 bits per heavy atom. The molecule has 0 bridgehead atoms. The quantitative estimate of drug-likeness (QED) is 0.907. The van der Waals surface area contributed by atoms with Gasteiger partial charge in [-0.05, 0) is 31.2 Å². The molecule has 2 amide bonds. The molecule has 1 aromatic carbocycles. The third-order valence-corrected chi connectivity index (χ3v) is 3.13. The minimum Gasteiger partial charge on any atom is -0.484 e. The lowest BCUT2D eigenvalue weighted by Gasteiger charge is -2.31. The van der Waals surface area contributed by atoms with E-state index in [0.29, 0.717) is 31.1 Å². The lowest BCUT2D eigenvalue weighted by Crippen LogP contribution is -2.46. The zero-order chi connectivity index (χ0) is 15.2. The fraction of sp³-hybridized carbons (Fsp3) is 0.467. The molecular formula is C15H20N2O4. The maximum absolute atomic E-state index is 12.0. The van der Waals surface area contributed by atoms with Crippen molar-refractivity contribution >= 4 is 17.5 Å². The third-order valence-electron chi connectivity index (χ3n) is 3.13. The number of hydrogen-bond acceptors (Lipinski definition) is 4. The lowest BCUT2D eigenvalue weighted by atomic mass is 10.3. The van der Waals surface area contributed by atoms with E-state index in [1.807, 2.05) is 6.92 Å². The zero-order valence-corrected chi connectivity index (χ0v) is 12.3. The Morgan fingerprint density at radius 1 is 1.38 bits per heavy atom. The van der Waals surface area contributed by atoms with Crippen molar-refractivity contribution in [2.24, 2.45) is 0 Å². The lowest BCUT2D eigenvalue weighted by molar-refractivity contribution is -0.140. The van der Waals surface area contributed by atoms with Crippen molar-refractivity contribution < 1.29 is 19.1 Å². The van der Waals surface area contributed by atoms with Crippen LogP contribution in [-0.2, 0) is 14.3 Å². The molecule has 2 rings (SSSR count). The zero-order valence-electron chi connectivity index (χ0n) is 12.3. The number of anilines is 1.